The summed E-state index contributed by atoms with van der Waals surface area (Å²) >= 11 is 1.24. The second-order valence-electron chi connectivity index (χ2n) is 8.25. The highest BCUT2D eigenvalue weighted by Gasteiger charge is 2.34. The summed E-state index contributed by atoms with van der Waals surface area (Å²) in [5, 5.41) is 0. The van der Waals surface area contributed by atoms with Crippen molar-refractivity contribution in [2.24, 2.45) is 4.99 Å². The van der Waals surface area contributed by atoms with E-state index in [0.29, 0.717) is 61.3 Å². The molecule has 1 aliphatic rings. The van der Waals surface area contributed by atoms with Crippen molar-refractivity contribution in [1.82, 2.24) is 4.57 Å². The minimum Gasteiger partial charge on any atom is -0.497 e. The van der Waals surface area contributed by atoms with E-state index >= 15 is 0 Å². The number of hydrogen-bond donors (Lipinski definition) is 0. The second-order valence-corrected chi connectivity index (χ2v) is 9.26. The minimum atomic E-state index is -0.768. The molecule has 9 nitrogen and oxygen atoms in total. The predicted octanol–water partition coefficient (Wildman–Crippen LogP) is 3.22. The number of rotatable bonds is 9. The molecule has 0 saturated heterocycles. The van der Waals surface area contributed by atoms with Crippen LogP contribution in [0.5, 0.6) is 23.0 Å². The molecule has 3 aromatic rings. The van der Waals surface area contributed by atoms with Crippen LogP contribution in [0.1, 0.15) is 37.9 Å². The van der Waals surface area contributed by atoms with E-state index in [-0.39, 0.29) is 12.2 Å². The average molecular weight is 539 g/mol. The van der Waals surface area contributed by atoms with Crippen molar-refractivity contribution in [1.29, 1.82) is 0 Å². The highest BCUT2D eigenvalue weighted by atomic mass is 32.1. The maximum absolute atomic E-state index is 13.9. The van der Waals surface area contributed by atoms with Gasteiger partial charge in [0.25, 0.3) is 5.56 Å². The van der Waals surface area contributed by atoms with Crippen LogP contribution in [0.3, 0.4) is 0 Å². The van der Waals surface area contributed by atoms with Crippen molar-refractivity contribution in [3.63, 3.8) is 0 Å². The van der Waals surface area contributed by atoms with Gasteiger partial charge < -0.3 is 23.7 Å². The fourth-order valence-electron chi connectivity index (χ4n) is 4.32. The van der Waals surface area contributed by atoms with E-state index in [1.165, 1.54) is 15.9 Å². The van der Waals surface area contributed by atoms with Crippen LogP contribution in [0.25, 0.3) is 6.08 Å². The molecule has 38 heavy (non-hydrogen) atoms. The largest absolute Gasteiger partial charge is 0.497 e. The average Bonchev–Trinajstić information content (AvgIpc) is 3.22. The van der Waals surface area contributed by atoms with Gasteiger partial charge in [-0.1, -0.05) is 17.4 Å². The zero-order chi connectivity index (χ0) is 27.4. The molecule has 1 aliphatic heterocycles. The Kier molecular flexibility index (Phi) is 8.21. The third-order valence-corrected chi connectivity index (χ3v) is 7.03. The molecule has 0 amide bonds. The third-order valence-electron chi connectivity index (χ3n) is 6.05. The van der Waals surface area contributed by atoms with Gasteiger partial charge in [-0.25, -0.2) is 9.79 Å². The van der Waals surface area contributed by atoms with Gasteiger partial charge in [0, 0.05) is 11.6 Å². The summed E-state index contributed by atoms with van der Waals surface area (Å²) in [6, 6.07) is 9.96. The monoisotopic (exact) mass is 538 g/mol. The fraction of sp³-hybridized carbons (Fsp3) is 0.321. The first-order valence-corrected chi connectivity index (χ1v) is 12.9. The number of carbonyl (C=O) groups is 1. The van der Waals surface area contributed by atoms with Gasteiger partial charge >= 0.3 is 5.97 Å². The Labute approximate surface area is 224 Å². The van der Waals surface area contributed by atoms with Crippen LogP contribution in [-0.4, -0.2) is 45.1 Å². The molecule has 1 atom stereocenters. The number of aromatic nitrogens is 1. The Balaban J connectivity index is 1.96. The number of ether oxygens (including phenoxy) is 5. The van der Waals surface area contributed by atoms with Gasteiger partial charge in [-0.2, -0.15) is 0 Å². The van der Waals surface area contributed by atoms with Crippen molar-refractivity contribution >= 4 is 23.4 Å². The number of carbonyl (C=O) groups excluding carboxylic acids is 1. The van der Waals surface area contributed by atoms with Crippen LogP contribution in [0.4, 0.5) is 0 Å². The molecule has 2 aromatic carbocycles. The molecule has 2 heterocycles. The van der Waals surface area contributed by atoms with Gasteiger partial charge in [-0.05, 0) is 56.7 Å². The van der Waals surface area contributed by atoms with Crippen molar-refractivity contribution in [3.8, 4) is 23.0 Å². The second kappa shape index (κ2) is 11.6. The maximum atomic E-state index is 13.9. The van der Waals surface area contributed by atoms with Crippen LogP contribution < -0.4 is 33.8 Å². The highest BCUT2D eigenvalue weighted by molar-refractivity contribution is 7.07. The first kappa shape index (κ1) is 27.0. The highest BCUT2D eigenvalue weighted by Crippen LogP contribution is 2.36. The van der Waals surface area contributed by atoms with Gasteiger partial charge in [0.15, 0.2) is 16.3 Å². The zero-order valence-electron chi connectivity index (χ0n) is 22.2. The Morgan fingerprint density at radius 2 is 1.76 bits per heavy atom. The number of hydrogen-bond acceptors (Lipinski definition) is 9. The van der Waals surface area contributed by atoms with Gasteiger partial charge in [0.2, 0.25) is 0 Å². The van der Waals surface area contributed by atoms with Gasteiger partial charge in [-0.3, -0.25) is 9.36 Å². The lowest BCUT2D eigenvalue weighted by atomic mass is 9.95. The van der Waals surface area contributed by atoms with Gasteiger partial charge in [0.05, 0.1) is 56.4 Å². The first-order valence-electron chi connectivity index (χ1n) is 12.1. The molecule has 0 bridgehead atoms. The summed E-state index contributed by atoms with van der Waals surface area (Å²) in [5.74, 6) is 1.73. The summed E-state index contributed by atoms with van der Waals surface area (Å²) in [6.45, 7) is 5.97. The lowest BCUT2D eigenvalue weighted by Gasteiger charge is -2.25. The number of methoxy groups -OCH3 is 3. The summed E-state index contributed by atoms with van der Waals surface area (Å²) in [5.41, 5.74) is 1.86. The molecule has 1 unspecified atom stereocenters. The molecule has 0 N–H and O–H groups in total. The molecule has 0 aliphatic carbocycles. The van der Waals surface area contributed by atoms with E-state index < -0.39 is 12.0 Å². The van der Waals surface area contributed by atoms with Crippen molar-refractivity contribution in [3.05, 3.63) is 78.5 Å². The SMILES string of the molecule is CCOC(=O)C1=C(C)N=c2s/c(=C\c3ccc(OC)cc3OC)c(=O)n2C1c1ccc(OC)c(OCC)c1. The van der Waals surface area contributed by atoms with Crippen LogP contribution >= 0.6 is 11.3 Å². The normalized spacial score (nSPS) is 15.0. The van der Waals surface area contributed by atoms with Crippen LogP contribution in [0.2, 0.25) is 0 Å². The molecule has 4 rings (SSSR count). The molecule has 200 valence electrons. The van der Waals surface area contributed by atoms with Crippen LogP contribution in [-0.2, 0) is 9.53 Å². The van der Waals surface area contributed by atoms with Crippen LogP contribution in [0.15, 0.2) is 57.5 Å². The number of nitrogens with zero attached hydrogens (tertiary/aromatic N) is 2. The summed E-state index contributed by atoms with van der Waals surface area (Å²) in [7, 11) is 4.69. The summed E-state index contributed by atoms with van der Waals surface area (Å²) in [6.07, 6.45) is 1.75. The minimum absolute atomic E-state index is 0.191. The Bertz CT molecular complexity index is 1570. The molecule has 0 spiro atoms. The lowest BCUT2D eigenvalue weighted by molar-refractivity contribution is -0.139. The Morgan fingerprint density at radius 3 is 2.42 bits per heavy atom. The third kappa shape index (κ3) is 5.04. The number of esters is 1. The quantitative estimate of drug-likeness (QED) is 0.386. The van der Waals surface area contributed by atoms with Crippen LogP contribution in [0, 0.1) is 0 Å². The van der Waals surface area contributed by atoms with E-state index in [0.717, 1.165) is 0 Å². The number of benzene rings is 2. The molecule has 10 heteroatoms. The van der Waals surface area contributed by atoms with E-state index in [2.05, 4.69) is 4.99 Å². The standard InChI is InChI=1S/C28H30N2O7S/c1-7-36-22-13-18(10-12-20(22)34-5)25-24(27(32)37-8-2)16(3)29-28-30(25)26(31)23(38-28)14-17-9-11-19(33-4)15-21(17)35-6/h9-15,25H,7-8H2,1-6H3/b23-14-. The number of thiazole rings is 1. The van der Waals surface area contributed by atoms with Crippen molar-refractivity contribution in [2.45, 2.75) is 26.8 Å². The first-order chi connectivity index (χ1) is 18.4. The van der Waals surface area contributed by atoms with Gasteiger partial charge in [0.1, 0.15) is 11.5 Å². The summed E-state index contributed by atoms with van der Waals surface area (Å²) in [4.78, 5) is 32.1. The molecular formula is C28H30N2O7S. The molecule has 1 aromatic heterocycles. The Morgan fingerprint density at radius 1 is 1.00 bits per heavy atom. The fourth-order valence-corrected chi connectivity index (χ4v) is 5.35. The molecule has 0 radical (unpaired) electrons. The van der Waals surface area contributed by atoms with E-state index in [1.807, 2.05) is 19.1 Å². The van der Waals surface area contributed by atoms with E-state index in [9.17, 15) is 9.59 Å². The molecule has 0 fully saturated rings. The number of fused-ring (bicyclic) bond motifs is 1. The number of allylic oxidation sites excluding steroid dienone is 1. The molecule has 0 saturated carbocycles. The zero-order valence-corrected chi connectivity index (χ0v) is 23.0. The smallest absolute Gasteiger partial charge is 0.338 e. The Hall–Kier alpha value is -4.05. The van der Waals surface area contributed by atoms with E-state index in [1.54, 1.807) is 65.5 Å². The van der Waals surface area contributed by atoms with E-state index in [4.69, 9.17) is 23.7 Å². The van der Waals surface area contributed by atoms with Crippen molar-refractivity contribution in [2.75, 3.05) is 34.5 Å². The predicted molar refractivity (Wildman–Crippen MR) is 144 cm³/mol. The summed E-state index contributed by atoms with van der Waals surface area (Å²) < 4.78 is 29.4. The van der Waals surface area contributed by atoms with Crippen molar-refractivity contribution < 1.29 is 28.5 Å². The topological polar surface area (TPSA) is 97.6 Å². The lowest BCUT2D eigenvalue weighted by Crippen LogP contribution is -2.40. The molecular weight excluding hydrogens is 508 g/mol. The van der Waals surface area contributed by atoms with Gasteiger partial charge in [-0.15, -0.1) is 0 Å². The maximum Gasteiger partial charge on any atom is 0.338 e.